The maximum Gasteiger partial charge on any atom is 0.343 e. The second-order valence-electron chi connectivity index (χ2n) is 5.58. The van der Waals surface area contributed by atoms with Crippen molar-refractivity contribution in [3.8, 4) is 0 Å². The van der Waals surface area contributed by atoms with Gasteiger partial charge in [0.15, 0.2) is 5.82 Å². The number of hydrogen-bond donors (Lipinski definition) is 2. The van der Waals surface area contributed by atoms with Gasteiger partial charge >= 0.3 is 11.7 Å². The van der Waals surface area contributed by atoms with E-state index < -0.39 is 56.5 Å². The predicted molar refractivity (Wildman–Crippen MR) is 92.8 cm³/mol. The molecule has 0 fully saturated rings. The number of carbonyl (C=O) groups excluding carboxylic acids is 2. The number of esters is 1. The van der Waals surface area contributed by atoms with Crippen LogP contribution in [0.2, 0.25) is 0 Å². The van der Waals surface area contributed by atoms with Gasteiger partial charge < -0.3 is 10.2 Å². The van der Waals surface area contributed by atoms with Crippen molar-refractivity contribution >= 4 is 17.4 Å². The number of carbonyl (C=O) groups is 2. The zero-order valence-corrected chi connectivity index (χ0v) is 15.5. The number of ether oxygens (including phenoxy) is 1. The highest BCUT2D eigenvalue weighted by Gasteiger charge is 2.37. The maximum absolute atomic E-state index is 14.5. The van der Waals surface area contributed by atoms with Crippen LogP contribution in [0.3, 0.4) is 0 Å². The quantitative estimate of drug-likeness (QED) is 0.0711. The molecule has 28 heavy (non-hydrogen) atoms. The third kappa shape index (κ3) is 5.06. The first-order chi connectivity index (χ1) is 13.2. The van der Waals surface area contributed by atoms with Crippen molar-refractivity contribution in [2.45, 2.75) is 33.6 Å². The number of hydrazine groups is 1. The molecule has 154 valence electrons. The molecule has 1 aromatic carbocycles. The fourth-order valence-corrected chi connectivity index (χ4v) is 2.17. The van der Waals surface area contributed by atoms with E-state index in [0.29, 0.717) is 6.54 Å². The lowest BCUT2D eigenvalue weighted by Gasteiger charge is -2.11. The summed E-state index contributed by atoms with van der Waals surface area (Å²) < 4.78 is 46.9. The van der Waals surface area contributed by atoms with E-state index in [9.17, 15) is 32.9 Å². The van der Waals surface area contributed by atoms with Crippen LogP contribution < -0.4 is 10.9 Å². The fourth-order valence-electron chi connectivity index (χ4n) is 2.17. The minimum Gasteiger partial charge on any atom is -0.462 e. The molecule has 2 N–H and O–H groups in total. The number of nitro benzene ring substituents is 1. The summed E-state index contributed by atoms with van der Waals surface area (Å²) in [7, 11) is 0. The number of nitrogens with zero attached hydrogens (tertiary/aromatic N) is 1. The SMILES string of the molecule is CCCCNN/C=C(/C(=O)OCC)C(=O)c1c(F)c(C)c(F)c(F)c1[N+](=O)[O-]. The molecule has 0 aliphatic rings. The maximum atomic E-state index is 14.5. The lowest BCUT2D eigenvalue weighted by atomic mass is 9.98. The zero-order chi connectivity index (χ0) is 21.4. The fraction of sp³-hybridized carbons (Fsp3) is 0.412. The molecule has 11 heteroatoms. The molecule has 0 bridgehead atoms. The summed E-state index contributed by atoms with van der Waals surface area (Å²) in [4.78, 5) is 34.4. The van der Waals surface area contributed by atoms with Crippen LogP contribution in [0.1, 0.15) is 42.6 Å². The zero-order valence-electron chi connectivity index (χ0n) is 15.5. The Bertz CT molecular complexity index is 812. The Morgan fingerprint density at radius 3 is 2.36 bits per heavy atom. The standard InChI is InChI=1S/C17H20F3N3O5/c1-4-6-7-21-22-8-10(17(25)28-5-2)16(24)11-12(18)9(3)13(19)14(20)15(11)23(26)27/h8,21-22H,4-7H2,1-3H3/b10-8+. The molecule has 0 aliphatic carbocycles. The summed E-state index contributed by atoms with van der Waals surface area (Å²) in [5.41, 5.74) is 0.273. The van der Waals surface area contributed by atoms with Crippen LogP contribution in [0.4, 0.5) is 18.9 Å². The van der Waals surface area contributed by atoms with Crippen molar-refractivity contribution < 1.29 is 32.4 Å². The van der Waals surface area contributed by atoms with Crippen molar-refractivity contribution in [2.24, 2.45) is 0 Å². The van der Waals surface area contributed by atoms with Gasteiger partial charge in [-0.25, -0.2) is 19.0 Å². The monoisotopic (exact) mass is 403 g/mol. The summed E-state index contributed by atoms with van der Waals surface area (Å²) >= 11 is 0. The Balaban J connectivity index is 3.48. The molecule has 0 aliphatic heterocycles. The molecule has 0 amide bonds. The first-order valence-electron chi connectivity index (χ1n) is 8.40. The number of nitro groups is 1. The van der Waals surface area contributed by atoms with Crippen LogP contribution in [0.25, 0.3) is 0 Å². The van der Waals surface area contributed by atoms with Gasteiger partial charge in [0.05, 0.1) is 11.5 Å². The molecule has 0 heterocycles. The Kier molecular flexibility index (Phi) is 8.58. The lowest BCUT2D eigenvalue weighted by Crippen LogP contribution is -2.30. The van der Waals surface area contributed by atoms with E-state index in [-0.39, 0.29) is 6.61 Å². The third-order valence-corrected chi connectivity index (χ3v) is 3.64. The molecule has 0 unspecified atom stereocenters. The van der Waals surface area contributed by atoms with Crippen molar-refractivity contribution in [1.29, 1.82) is 0 Å². The average Bonchev–Trinajstić information content (AvgIpc) is 2.65. The van der Waals surface area contributed by atoms with Gasteiger partial charge in [0.25, 0.3) is 0 Å². The number of unbranched alkanes of at least 4 members (excludes halogenated alkanes) is 1. The molecule has 0 saturated carbocycles. The Hall–Kier alpha value is -2.95. The molecule has 0 atom stereocenters. The van der Waals surface area contributed by atoms with Crippen LogP contribution in [0, 0.1) is 34.5 Å². The smallest absolute Gasteiger partial charge is 0.343 e. The van der Waals surface area contributed by atoms with Gasteiger partial charge in [-0.15, -0.1) is 0 Å². The molecule has 1 rings (SSSR count). The first-order valence-corrected chi connectivity index (χ1v) is 8.40. The number of nitrogens with one attached hydrogen (secondary N) is 2. The Labute approximate surface area is 158 Å². The van der Waals surface area contributed by atoms with Gasteiger partial charge in [-0.2, -0.15) is 4.39 Å². The minimum atomic E-state index is -2.00. The van der Waals surface area contributed by atoms with E-state index in [1.165, 1.54) is 6.92 Å². The van der Waals surface area contributed by atoms with E-state index >= 15 is 0 Å². The Morgan fingerprint density at radius 1 is 1.18 bits per heavy atom. The van der Waals surface area contributed by atoms with Crippen LogP contribution >= 0.6 is 0 Å². The summed E-state index contributed by atoms with van der Waals surface area (Å²) in [5, 5.41) is 11.1. The highest BCUT2D eigenvalue weighted by atomic mass is 19.2. The Morgan fingerprint density at radius 2 is 1.82 bits per heavy atom. The summed E-state index contributed by atoms with van der Waals surface area (Å²) in [6, 6.07) is 0. The minimum absolute atomic E-state index is 0.145. The predicted octanol–water partition coefficient (Wildman–Crippen LogP) is 2.84. The van der Waals surface area contributed by atoms with E-state index in [1.54, 1.807) is 0 Å². The van der Waals surface area contributed by atoms with Crippen LogP contribution in [0.15, 0.2) is 11.8 Å². The molecular weight excluding hydrogens is 383 g/mol. The van der Waals surface area contributed by atoms with Crippen molar-refractivity contribution in [2.75, 3.05) is 13.2 Å². The topological polar surface area (TPSA) is 111 Å². The molecule has 1 aromatic rings. The summed E-state index contributed by atoms with van der Waals surface area (Å²) in [6.07, 6.45) is 2.44. The second-order valence-corrected chi connectivity index (χ2v) is 5.58. The normalized spacial score (nSPS) is 11.3. The molecular formula is C17H20F3N3O5. The van der Waals surface area contributed by atoms with Crippen LogP contribution in [-0.4, -0.2) is 29.8 Å². The van der Waals surface area contributed by atoms with Crippen molar-refractivity contribution in [3.63, 3.8) is 0 Å². The van der Waals surface area contributed by atoms with Gasteiger partial charge in [0.1, 0.15) is 17.0 Å². The number of rotatable bonds is 10. The summed E-state index contributed by atoms with van der Waals surface area (Å²) in [6.45, 7) is 4.49. The number of benzene rings is 1. The molecule has 0 spiro atoms. The number of Topliss-reactive ketones (excluding diaryl/α,β-unsaturated/α-hetero) is 1. The van der Waals surface area contributed by atoms with E-state index in [0.717, 1.165) is 26.0 Å². The second kappa shape index (κ2) is 10.4. The number of hydrogen-bond acceptors (Lipinski definition) is 7. The summed E-state index contributed by atoms with van der Waals surface area (Å²) in [5.74, 6) is -8.15. The average molecular weight is 403 g/mol. The van der Waals surface area contributed by atoms with Crippen LogP contribution in [-0.2, 0) is 9.53 Å². The largest absolute Gasteiger partial charge is 0.462 e. The molecule has 0 saturated heterocycles. The van der Waals surface area contributed by atoms with Gasteiger partial charge in [-0.1, -0.05) is 13.3 Å². The number of ketones is 1. The van der Waals surface area contributed by atoms with Crippen LogP contribution in [0.5, 0.6) is 0 Å². The lowest BCUT2D eigenvalue weighted by molar-refractivity contribution is -0.388. The van der Waals surface area contributed by atoms with Gasteiger partial charge in [-0.05, 0) is 20.3 Å². The molecule has 8 nitrogen and oxygen atoms in total. The molecule has 0 aromatic heterocycles. The molecule has 0 radical (unpaired) electrons. The van der Waals surface area contributed by atoms with E-state index in [4.69, 9.17) is 4.74 Å². The third-order valence-electron chi connectivity index (χ3n) is 3.64. The number of halogens is 3. The highest BCUT2D eigenvalue weighted by Crippen LogP contribution is 2.32. The van der Waals surface area contributed by atoms with E-state index in [1.807, 2.05) is 6.92 Å². The van der Waals surface area contributed by atoms with E-state index in [2.05, 4.69) is 10.9 Å². The van der Waals surface area contributed by atoms with Crippen molar-refractivity contribution in [3.05, 3.63) is 50.5 Å². The first kappa shape index (κ1) is 23.1. The highest BCUT2D eigenvalue weighted by molar-refractivity contribution is 6.25. The van der Waals surface area contributed by atoms with Crippen molar-refractivity contribution in [1.82, 2.24) is 10.9 Å². The van der Waals surface area contributed by atoms with Gasteiger partial charge in [-0.3, -0.25) is 14.9 Å². The van der Waals surface area contributed by atoms with Gasteiger partial charge in [0, 0.05) is 18.3 Å². The van der Waals surface area contributed by atoms with Gasteiger partial charge in [0.2, 0.25) is 11.6 Å².